The fourth-order valence-electron chi connectivity index (χ4n) is 4.83. The molecule has 1 aliphatic rings. The van der Waals surface area contributed by atoms with E-state index in [1.807, 2.05) is 43.3 Å². The number of carbonyl (C=O) groups is 1. The molecule has 3 aromatic rings. The number of ketones is 1. The van der Waals surface area contributed by atoms with E-state index in [1.54, 1.807) is 18.2 Å². The van der Waals surface area contributed by atoms with E-state index in [0.717, 1.165) is 36.8 Å². The quantitative estimate of drug-likeness (QED) is 0.424. The van der Waals surface area contributed by atoms with Gasteiger partial charge in [0.15, 0.2) is 0 Å². The molecule has 1 saturated carbocycles. The normalized spacial score (nSPS) is 19.8. The zero-order valence-electron chi connectivity index (χ0n) is 19.4. The number of aryl methyl sites for hydroxylation is 1. The lowest BCUT2D eigenvalue weighted by atomic mass is 9.76. The van der Waals surface area contributed by atoms with Crippen LogP contribution in [-0.2, 0) is 0 Å². The number of allylic oxidation sites excluding steroid dienone is 1. The molecule has 0 spiro atoms. The number of hydrogen-bond acceptors (Lipinski definition) is 5. The molecule has 1 fully saturated rings. The van der Waals surface area contributed by atoms with E-state index in [2.05, 4.69) is 35.2 Å². The standard InChI is InChI=1S/C27H30FN3O2/c1-18-5-4-6-22(17-18)26(32)27-29-24(33-30-27)16-9-19-7-10-20(11-8-19)25(31(2)3)21-12-14-23(28)15-13-21/h4-6,9,12-17,19-20,25H,7-8,10-11H2,1-3H3/b16-9+. The highest BCUT2D eigenvalue weighted by atomic mass is 19.1. The maximum absolute atomic E-state index is 13.4. The summed E-state index contributed by atoms with van der Waals surface area (Å²) < 4.78 is 18.6. The third-order valence-corrected chi connectivity index (χ3v) is 6.47. The zero-order chi connectivity index (χ0) is 23.4. The van der Waals surface area contributed by atoms with E-state index in [1.165, 1.54) is 0 Å². The van der Waals surface area contributed by atoms with E-state index < -0.39 is 0 Å². The van der Waals surface area contributed by atoms with E-state index >= 15 is 0 Å². The molecule has 1 heterocycles. The van der Waals surface area contributed by atoms with Crippen LogP contribution in [-0.4, -0.2) is 34.9 Å². The van der Waals surface area contributed by atoms with Gasteiger partial charge in [-0.05, 0) is 88.4 Å². The lowest BCUT2D eigenvalue weighted by Gasteiger charge is -2.37. The van der Waals surface area contributed by atoms with Crippen molar-refractivity contribution in [2.75, 3.05) is 14.1 Å². The lowest BCUT2D eigenvalue weighted by Crippen LogP contribution is -2.30. The molecule has 1 unspecified atom stereocenters. The summed E-state index contributed by atoms with van der Waals surface area (Å²) in [7, 11) is 4.18. The molecular formula is C27H30FN3O2. The van der Waals surface area contributed by atoms with Gasteiger partial charge in [0, 0.05) is 11.6 Å². The summed E-state index contributed by atoms with van der Waals surface area (Å²) in [6.07, 6.45) is 8.26. The predicted octanol–water partition coefficient (Wildman–Crippen LogP) is 5.87. The summed E-state index contributed by atoms with van der Waals surface area (Å²) in [6, 6.07) is 14.5. The van der Waals surface area contributed by atoms with Crippen molar-refractivity contribution in [3.8, 4) is 0 Å². The highest BCUT2D eigenvalue weighted by Crippen LogP contribution is 2.39. The second-order valence-electron chi connectivity index (χ2n) is 9.15. The van der Waals surface area contributed by atoms with Gasteiger partial charge < -0.3 is 9.42 Å². The van der Waals surface area contributed by atoms with Gasteiger partial charge in [-0.15, -0.1) is 0 Å². The van der Waals surface area contributed by atoms with Gasteiger partial charge in [0.25, 0.3) is 5.89 Å². The van der Waals surface area contributed by atoms with Gasteiger partial charge in [0.05, 0.1) is 0 Å². The van der Waals surface area contributed by atoms with Crippen molar-refractivity contribution in [1.29, 1.82) is 0 Å². The molecule has 0 amide bonds. The molecule has 172 valence electrons. The fraction of sp³-hybridized carbons (Fsp3) is 0.370. The smallest absolute Gasteiger partial charge is 0.250 e. The summed E-state index contributed by atoms with van der Waals surface area (Å²) in [5, 5.41) is 3.86. The largest absolute Gasteiger partial charge is 0.334 e. The van der Waals surface area contributed by atoms with Crippen molar-refractivity contribution < 1.29 is 13.7 Å². The zero-order valence-corrected chi connectivity index (χ0v) is 19.4. The first-order chi connectivity index (χ1) is 15.9. The van der Waals surface area contributed by atoms with Crippen LogP contribution in [0.15, 0.2) is 59.1 Å². The minimum atomic E-state index is -0.238. The Kier molecular flexibility index (Phi) is 7.14. The lowest BCUT2D eigenvalue weighted by molar-refractivity contribution is 0.102. The molecule has 0 bridgehead atoms. The Labute approximate surface area is 194 Å². The first kappa shape index (κ1) is 23.1. The summed E-state index contributed by atoms with van der Waals surface area (Å²) in [6.45, 7) is 1.94. The summed E-state index contributed by atoms with van der Waals surface area (Å²) >= 11 is 0. The molecule has 1 atom stereocenters. The van der Waals surface area contributed by atoms with Crippen LogP contribution in [0.5, 0.6) is 0 Å². The Hall–Kier alpha value is -3.12. The number of halogens is 1. The Bertz CT molecular complexity index is 1110. The first-order valence-electron chi connectivity index (χ1n) is 11.5. The number of aromatic nitrogens is 2. The van der Waals surface area contributed by atoms with Gasteiger partial charge in [-0.3, -0.25) is 4.79 Å². The monoisotopic (exact) mass is 447 g/mol. The Morgan fingerprint density at radius 3 is 2.52 bits per heavy atom. The van der Waals surface area contributed by atoms with Crippen molar-refractivity contribution in [2.45, 2.75) is 38.6 Å². The number of hydrogen-bond donors (Lipinski definition) is 0. The van der Waals surface area contributed by atoms with E-state index in [-0.39, 0.29) is 23.5 Å². The Morgan fingerprint density at radius 1 is 1.12 bits per heavy atom. The summed E-state index contributed by atoms with van der Waals surface area (Å²) in [5.41, 5.74) is 2.73. The molecule has 1 aromatic heterocycles. The van der Waals surface area contributed by atoms with E-state index in [9.17, 15) is 9.18 Å². The number of benzene rings is 2. The third-order valence-electron chi connectivity index (χ3n) is 6.47. The maximum Gasteiger partial charge on any atom is 0.250 e. The average Bonchev–Trinajstić information content (AvgIpc) is 3.28. The average molecular weight is 448 g/mol. The molecule has 0 radical (unpaired) electrons. The van der Waals surface area contributed by atoms with Gasteiger partial charge in [0.2, 0.25) is 11.6 Å². The van der Waals surface area contributed by atoms with Crippen LogP contribution in [0.4, 0.5) is 4.39 Å². The van der Waals surface area contributed by atoms with Gasteiger partial charge >= 0.3 is 0 Å². The van der Waals surface area contributed by atoms with Crippen LogP contribution in [0.2, 0.25) is 0 Å². The topological polar surface area (TPSA) is 59.2 Å². The second-order valence-corrected chi connectivity index (χ2v) is 9.15. The SMILES string of the molecule is Cc1cccc(C(=O)c2noc(/C=C/C3CCC(C(c4ccc(F)cc4)N(C)C)CC3)n2)c1. The highest BCUT2D eigenvalue weighted by Gasteiger charge is 2.29. The molecule has 0 N–H and O–H groups in total. The first-order valence-corrected chi connectivity index (χ1v) is 11.5. The van der Waals surface area contributed by atoms with Crippen LogP contribution >= 0.6 is 0 Å². The van der Waals surface area contributed by atoms with Gasteiger partial charge in [-0.1, -0.05) is 47.1 Å². The van der Waals surface area contributed by atoms with Crippen LogP contribution in [0.3, 0.4) is 0 Å². The molecular weight excluding hydrogens is 417 g/mol. The molecule has 33 heavy (non-hydrogen) atoms. The molecule has 0 saturated heterocycles. The summed E-state index contributed by atoms with van der Waals surface area (Å²) in [4.78, 5) is 19.1. The highest BCUT2D eigenvalue weighted by molar-refractivity contribution is 6.06. The van der Waals surface area contributed by atoms with Crippen molar-refractivity contribution in [2.24, 2.45) is 11.8 Å². The Morgan fingerprint density at radius 2 is 1.85 bits per heavy atom. The maximum atomic E-state index is 13.4. The second kappa shape index (κ2) is 10.2. The van der Waals surface area contributed by atoms with Gasteiger partial charge in [0.1, 0.15) is 5.82 Å². The minimum absolute atomic E-state index is 0.0806. The minimum Gasteiger partial charge on any atom is -0.334 e. The van der Waals surface area contributed by atoms with Crippen LogP contribution in [0, 0.1) is 24.6 Å². The van der Waals surface area contributed by atoms with Crippen molar-refractivity contribution in [3.63, 3.8) is 0 Å². The number of rotatable bonds is 7. The van der Waals surface area contributed by atoms with Crippen LogP contribution in [0.1, 0.15) is 64.9 Å². The van der Waals surface area contributed by atoms with E-state index in [4.69, 9.17) is 4.52 Å². The molecule has 2 aromatic carbocycles. The van der Waals surface area contributed by atoms with Crippen molar-refractivity contribution in [1.82, 2.24) is 15.0 Å². The van der Waals surface area contributed by atoms with Crippen LogP contribution < -0.4 is 0 Å². The summed E-state index contributed by atoms with van der Waals surface area (Å²) in [5.74, 6) is 0.952. The van der Waals surface area contributed by atoms with Crippen molar-refractivity contribution >= 4 is 11.9 Å². The van der Waals surface area contributed by atoms with Gasteiger partial charge in [-0.25, -0.2) is 4.39 Å². The van der Waals surface area contributed by atoms with Gasteiger partial charge in [-0.2, -0.15) is 4.98 Å². The fourth-order valence-corrected chi connectivity index (χ4v) is 4.83. The molecule has 6 heteroatoms. The van der Waals surface area contributed by atoms with Crippen LogP contribution in [0.25, 0.3) is 6.08 Å². The molecule has 0 aliphatic heterocycles. The Balaban J connectivity index is 1.36. The molecule has 1 aliphatic carbocycles. The molecule has 5 nitrogen and oxygen atoms in total. The third kappa shape index (κ3) is 5.63. The van der Waals surface area contributed by atoms with Crippen molar-refractivity contribution in [3.05, 3.63) is 88.8 Å². The number of carbonyl (C=O) groups excluding carboxylic acids is 1. The molecule has 4 rings (SSSR count). The number of nitrogens with zero attached hydrogens (tertiary/aromatic N) is 3. The van der Waals surface area contributed by atoms with E-state index in [0.29, 0.717) is 23.3 Å². The predicted molar refractivity (Wildman–Crippen MR) is 126 cm³/mol.